The zero-order valence-electron chi connectivity index (χ0n) is 13.0. The second-order valence-corrected chi connectivity index (χ2v) is 4.89. The van der Waals surface area contributed by atoms with E-state index in [2.05, 4.69) is 9.47 Å². The number of carbonyl (C=O) groups is 2. The van der Waals surface area contributed by atoms with Crippen LogP contribution in [0.25, 0.3) is 0 Å². The molecule has 142 valence electrons. The Labute approximate surface area is 134 Å². The highest BCUT2D eigenvalue weighted by Gasteiger charge is 2.30. The van der Waals surface area contributed by atoms with Crippen LogP contribution in [0.2, 0.25) is 0 Å². The summed E-state index contributed by atoms with van der Waals surface area (Å²) in [5.74, 6) is -2.10. The average Bonchev–Trinajstić information content (AvgIpc) is 2.44. The Bertz CT molecular complexity index is 363. The third kappa shape index (κ3) is 14.1. The van der Waals surface area contributed by atoms with Crippen LogP contribution in [0.3, 0.4) is 0 Å². The monoisotopic (exact) mass is 367 g/mol. The Morgan fingerprint density at radius 3 is 1.46 bits per heavy atom. The van der Waals surface area contributed by atoms with Crippen molar-refractivity contribution in [1.82, 2.24) is 4.90 Å². The predicted octanol–water partition coefficient (Wildman–Crippen LogP) is 2.69. The van der Waals surface area contributed by atoms with Gasteiger partial charge >= 0.3 is 24.3 Å². The highest BCUT2D eigenvalue weighted by molar-refractivity contribution is 5.70. The molecule has 0 aromatic rings. The lowest BCUT2D eigenvalue weighted by Gasteiger charge is -2.20. The molecule has 0 aliphatic carbocycles. The fourth-order valence-corrected chi connectivity index (χ4v) is 1.62. The second kappa shape index (κ2) is 10.4. The van der Waals surface area contributed by atoms with Gasteiger partial charge in [0.05, 0.1) is 12.8 Å². The third-order valence-corrected chi connectivity index (χ3v) is 2.60. The van der Waals surface area contributed by atoms with Crippen LogP contribution in [-0.4, -0.2) is 62.0 Å². The Kier molecular flexibility index (Phi) is 9.71. The summed E-state index contributed by atoms with van der Waals surface area (Å²) in [6.45, 7) is -1.10. The van der Waals surface area contributed by atoms with Crippen LogP contribution in [0.1, 0.15) is 26.2 Å². The van der Waals surface area contributed by atoms with Crippen LogP contribution in [0, 0.1) is 0 Å². The molecule has 0 aromatic heterocycles. The van der Waals surface area contributed by atoms with E-state index in [0.717, 1.165) is 0 Å². The first-order valence-corrected chi connectivity index (χ1v) is 7.10. The molecule has 11 heteroatoms. The maximum absolute atomic E-state index is 11.9. The fourth-order valence-electron chi connectivity index (χ4n) is 1.62. The van der Waals surface area contributed by atoms with Gasteiger partial charge < -0.3 is 14.4 Å². The first-order chi connectivity index (χ1) is 10.9. The molecule has 0 spiro atoms. The summed E-state index contributed by atoms with van der Waals surface area (Å²) >= 11 is 0. The topological polar surface area (TPSA) is 55.8 Å². The van der Waals surface area contributed by atoms with Crippen molar-refractivity contribution in [3.05, 3.63) is 0 Å². The van der Waals surface area contributed by atoms with Gasteiger partial charge in [-0.3, -0.25) is 9.59 Å². The van der Waals surface area contributed by atoms with Gasteiger partial charge in [0.1, 0.15) is 0 Å². The van der Waals surface area contributed by atoms with E-state index < -0.39 is 37.5 Å². The molecule has 0 saturated heterocycles. The molecule has 0 radical (unpaired) electrons. The van der Waals surface area contributed by atoms with Crippen LogP contribution in [0.15, 0.2) is 0 Å². The number of rotatable bonds is 10. The van der Waals surface area contributed by atoms with Crippen molar-refractivity contribution in [2.75, 3.05) is 32.8 Å². The fraction of sp³-hybridized carbons (Fsp3) is 0.846. The minimum absolute atomic E-state index is 0.0249. The normalized spacial score (nSPS) is 12.3. The van der Waals surface area contributed by atoms with E-state index >= 15 is 0 Å². The zero-order valence-corrected chi connectivity index (χ0v) is 13.0. The second-order valence-electron chi connectivity index (χ2n) is 4.89. The molecule has 0 bridgehead atoms. The van der Waals surface area contributed by atoms with Gasteiger partial charge in [0.15, 0.2) is 13.2 Å². The first kappa shape index (κ1) is 22.5. The number of esters is 2. The molecule has 0 saturated carbocycles. The lowest BCUT2D eigenvalue weighted by molar-refractivity contribution is -0.187. The molecule has 0 rings (SSSR count). The van der Waals surface area contributed by atoms with E-state index in [-0.39, 0.29) is 25.9 Å². The van der Waals surface area contributed by atoms with Gasteiger partial charge in [-0.15, -0.1) is 0 Å². The minimum atomic E-state index is -4.61. The Balaban J connectivity index is 4.12. The van der Waals surface area contributed by atoms with Gasteiger partial charge in [-0.2, -0.15) is 26.3 Å². The van der Waals surface area contributed by atoms with Crippen LogP contribution < -0.4 is 0 Å². The quantitative estimate of drug-likeness (QED) is 0.439. The van der Waals surface area contributed by atoms with Crippen molar-refractivity contribution in [2.24, 2.45) is 0 Å². The summed E-state index contributed by atoms with van der Waals surface area (Å²) in [5.41, 5.74) is 0. The molecule has 0 amide bonds. The number of hydrogen-bond donors (Lipinski definition) is 0. The Morgan fingerprint density at radius 1 is 0.792 bits per heavy atom. The number of alkyl halides is 6. The van der Waals surface area contributed by atoms with Crippen molar-refractivity contribution in [1.29, 1.82) is 0 Å². The van der Waals surface area contributed by atoms with E-state index in [1.165, 1.54) is 0 Å². The predicted molar refractivity (Wildman–Crippen MR) is 70.0 cm³/mol. The molecular formula is C13H19F6NO4. The van der Waals surface area contributed by atoms with E-state index in [1.807, 2.05) is 0 Å². The lowest BCUT2D eigenvalue weighted by atomic mass is 10.3. The molecule has 24 heavy (non-hydrogen) atoms. The highest BCUT2D eigenvalue weighted by Crippen LogP contribution is 2.15. The number of hydrogen-bond acceptors (Lipinski definition) is 5. The van der Waals surface area contributed by atoms with Crippen LogP contribution in [0.4, 0.5) is 26.3 Å². The van der Waals surface area contributed by atoms with E-state index in [9.17, 15) is 35.9 Å². The van der Waals surface area contributed by atoms with Crippen molar-refractivity contribution in [3.8, 4) is 0 Å². The van der Waals surface area contributed by atoms with Gasteiger partial charge in [0.25, 0.3) is 0 Å². The van der Waals surface area contributed by atoms with E-state index in [4.69, 9.17) is 0 Å². The van der Waals surface area contributed by atoms with Crippen LogP contribution in [-0.2, 0) is 19.1 Å². The molecule has 0 aliphatic rings. The van der Waals surface area contributed by atoms with E-state index in [1.54, 1.807) is 11.8 Å². The minimum Gasteiger partial charge on any atom is -0.456 e. The molecule has 0 heterocycles. The number of nitrogens with zero attached hydrogens (tertiary/aromatic N) is 1. The molecule has 0 aromatic carbocycles. The SMILES string of the molecule is CCCN(CCC(=O)OCC(F)(F)F)CCC(=O)OCC(F)(F)F. The lowest BCUT2D eigenvalue weighted by Crippen LogP contribution is -2.31. The largest absolute Gasteiger partial charge is 0.456 e. The summed E-state index contributed by atoms with van der Waals surface area (Å²) in [6.07, 6.45) is -9.25. The number of carbonyl (C=O) groups excluding carboxylic acids is 2. The third-order valence-electron chi connectivity index (χ3n) is 2.60. The van der Waals surface area contributed by atoms with Gasteiger partial charge in [-0.25, -0.2) is 0 Å². The summed E-state index contributed by atoms with van der Waals surface area (Å²) in [7, 11) is 0. The summed E-state index contributed by atoms with van der Waals surface area (Å²) < 4.78 is 79.4. The smallest absolute Gasteiger partial charge is 0.422 e. The standard InChI is InChI=1S/C13H19F6NO4/c1-2-5-20(6-3-10(21)23-8-12(14,15)16)7-4-11(22)24-9-13(17,18)19/h2-9H2,1H3. The van der Waals surface area contributed by atoms with Crippen molar-refractivity contribution < 1.29 is 45.4 Å². The molecule has 0 atom stereocenters. The molecule has 0 unspecified atom stereocenters. The molecule has 0 fully saturated rings. The summed E-state index contributed by atoms with van der Waals surface area (Å²) in [4.78, 5) is 23.9. The number of ether oxygens (including phenoxy) is 2. The van der Waals surface area contributed by atoms with Crippen molar-refractivity contribution >= 4 is 11.9 Å². The zero-order chi connectivity index (χ0) is 18.8. The van der Waals surface area contributed by atoms with Gasteiger partial charge in [-0.1, -0.05) is 6.92 Å². The van der Waals surface area contributed by atoms with Crippen molar-refractivity contribution in [2.45, 2.75) is 38.5 Å². The van der Waals surface area contributed by atoms with Crippen LogP contribution in [0.5, 0.6) is 0 Å². The summed E-state index contributed by atoms with van der Waals surface area (Å²) in [6, 6.07) is 0. The van der Waals surface area contributed by atoms with Gasteiger partial charge in [-0.05, 0) is 13.0 Å². The van der Waals surface area contributed by atoms with Crippen molar-refractivity contribution in [3.63, 3.8) is 0 Å². The maximum Gasteiger partial charge on any atom is 0.422 e. The molecule has 5 nitrogen and oxygen atoms in total. The van der Waals surface area contributed by atoms with Gasteiger partial charge in [0, 0.05) is 13.1 Å². The molecular weight excluding hydrogens is 348 g/mol. The average molecular weight is 367 g/mol. The molecule has 0 aliphatic heterocycles. The van der Waals surface area contributed by atoms with Crippen LogP contribution >= 0.6 is 0 Å². The Morgan fingerprint density at radius 2 is 1.17 bits per heavy atom. The highest BCUT2D eigenvalue weighted by atomic mass is 19.4. The van der Waals surface area contributed by atoms with Gasteiger partial charge in [0.2, 0.25) is 0 Å². The molecule has 0 N–H and O–H groups in total. The maximum atomic E-state index is 11.9. The first-order valence-electron chi connectivity index (χ1n) is 7.10. The number of halogens is 6. The Hall–Kier alpha value is -1.52. The van der Waals surface area contributed by atoms with E-state index in [0.29, 0.717) is 13.0 Å². The summed E-state index contributed by atoms with van der Waals surface area (Å²) in [5, 5.41) is 0.